The SMILES string of the molecule is O=C(CCN1CCCCC1=O)NCCCCC1CCCO1. The first-order valence-electron chi connectivity index (χ1n) is 8.42. The summed E-state index contributed by atoms with van der Waals surface area (Å²) in [7, 11) is 0. The smallest absolute Gasteiger partial charge is 0.222 e. The zero-order valence-electron chi connectivity index (χ0n) is 12.9. The van der Waals surface area contributed by atoms with Crippen molar-refractivity contribution >= 4 is 11.8 Å². The van der Waals surface area contributed by atoms with Crippen molar-refractivity contribution in [2.24, 2.45) is 0 Å². The van der Waals surface area contributed by atoms with Crippen molar-refractivity contribution in [1.29, 1.82) is 0 Å². The van der Waals surface area contributed by atoms with Crippen LogP contribution in [0, 0.1) is 0 Å². The molecule has 0 radical (unpaired) electrons. The Hall–Kier alpha value is -1.10. The van der Waals surface area contributed by atoms with E-state index in [0.717, 1.165) is 51.8 Å². The number of carbonyl (C=O) groups excluding carboxylic acids is 2. The molecule has 2 saturated heterocycles. The molecule has 2 fully saturated rings. The number of carbonyl (C=O) groups is 2. The van der Waals surface area contributed by atoms with Gasteiger partial charge < -0.3 is 15.0 Å². The van der Waals surface area contributed by atoms with Crippen LogP contribution in [0.3, 0.4) is 0 Å². The molecule has 5 nitrogen and oxygen atoms in total. The van der Waals surface area contributed by atoms with Gasteiger partial charge in [0.15, 0.2) is 0 Å². The van der Waals surface area contributed by atoms with Crippen LogP contribution in [-0.2, 0) is 14.3 Å². The molecule has 2 heterocycles. The van der Waals surface area contributed by atoms with E-state index in [-0.39, 0.29) is 11.8 Å². The highest BCUT2D eigenvalue weighted by Crippen LogP contribution is 2.17. The summed E-state index contributed by atoms with van der Waals surface area (Å²) in [5.74, 6) is 0.260. The minimum absolute atomic E-state index is 0.0606. The van der Waals surface area contributed by atoms with E-state index in [1.807, 2.05) is 4.90 Å². The van der Waals surface area contributed by atoms with Crippen LogP contribution in [0.4, 0.5) is 0 Å². The molecular weight excluding hydrogens is 268 g/mol. The summed E-state index contributed by atoms with van der Waals surface area (Å²) in [4.78, 5) is 25.2. The molecule has 21 heavy (non-hydrogen) atoms. The zero-order chi connectivity index (χ0) is 14.9. The number of unbranched alkanes of at least 4 members (excludes halogenated alkanes) is 1. The molecule has 1 unspecified atom stereocenters. The van der Waals surface area contributed by atoms with E-state index in [1.165, 1.54) is 12.8 Å². The third kappa shape index (κ3) is 6.04. The van der Waals surface area contributed by atoms with Gasteiger partial charge in [-0.25, -0.2) is 0 Å². The summed E-state index contributed by atoms with van der Waals surface area (Å²) in [6.07, 6.45) is 9.19. The van der Waals surface area contributed by atoms with E-state index in [9.17, 15) is 9.59 Å². The van der Waals surface area contributed by atoms with Crippen molar-refractivity contribution in [2.75, 3.05) is 26.2 Å². The molecular formula is C16H28N2O3. The highest BCUT2D eigenvalue weighted by Gasteiger charge is 2.18. The van der Waals surface area contributed by atoms with Gasteiger partial charge in [-0.3, -0.25) is 9.59 Å². The average Bonchev–Trinajstić information content (AvgIpc) is 2.99. The van der Waals surface area contributed by atoms with E-state index in [1.54, 1.807) is 0 Å². The van der Waals surface area contributed by atoms with Crippen molar-refractivity contribution in [3.05, 3.63) is 0 Å². The van der Waals surface area contributed by atoms with Gasteiger partial charge in [0.05, 0.1) is 6.10 Å². The molecule has 0 spiro atoms. The Morgan fingerprint density at radius 1 is 1.29 bits per heavy atom. The van der Waals surface area contributed by atoms with Gasteiger partial charge in [-0.05, 0) is 44.9 Å². The van der Waals surface area contributed by atoms with Gasteiger partial charge in [-0.15, -0.1) is 0 Å². The van der Waals surface area contributed by atoms with Gasteiger partial charge in [0, 0.05) is 39.1 Å². The van der Waals surface area contributed by atoms with Gasteiger partial charge in [-0.2, -0.15) is 0 Å². The summed E-state index contributed by atoms with van der Waals surface area (Å²) < 4.78 is 5.57. The molecule has 2 rings (SSSR count). The monoisotopic (exact) mass is 296 g/mol. The quantitative estimate of drug-likeness (QED) is 0.696. The largest absolute Gasteiger partial charge is 0.378 e. The van der Waals surface area contributed by atoms with Crippen LogP contribution in [0.25, 0.3) is 0 Å². The third-order valence-corrected chi connectivity index (χ3v) is 4.33. The normalized spacial score (nSPS) is 22.6. The van der Waals surface area contributed by atoms with Gasteiger partial charge in [0.25, 0.3) is 0 Å². The number of hydrogen-bond acceptors (Lipinski definition) is 3. The van der Waals surface area contributed by atoms with E-state index < -0.39 is 0 Å². The molecule has 1 N–H and O–H groups in total. The van der Waals surface area contributed by atoms with Gasteiger partial charge >= 0.3 is 0 Å². The van der Waals surface area contributed by atoms with Crippen molar-refractivity contribution < 1.29 is 14.3 Å². The Balaban J connectivity index is 1.46. The summed E-state index contributed by atoms with van der Waals surface area (Å²) in [5, 5.41) is 2.94. The van der Waals surface area contributed by atoms with Crippen LogP contribution in [-0.4, -0.2) is 49.1 Å². The van der Waals surface area contributed by atoms with Crippen LogP contribution in [0.1, 0.15) is 57.8 Å². The maximum absolute atomic E-state index is 11.7. The van der Waals surface area contributed by atoms with Crippen molar-refractivity contribution in [3.8, 4) is 0 Å². The Bertz CT molecular complexity index is 340. The van der Waals surface area contributed by atoms with Gasteiger partial charge in [0.2, 0.25) is 11.8 Å². The number of rotatable bonds is 8. The number of amides is 2. The maximum Gasteiger partial charge on any atom is 0.222 e. The molecule has 5 heteroatoms. The Morgan fingerprint density at radius 2 is 2.19 bits per heavy atom. The second-order valence-electron chi connectivity index (χ2n) is 6.07. The van der Waals surface area contributed by atoms with Crippen molar-refractivity contribution in [3.63, 3.8) is 0 Å². The first-order chi connectivity index (χ1) is 10.3. The fourth-order valence-corrected chi connectivity index (χ4v) is 3.02. The number of nitrogens with zero attached hydrogens (tertiary/aromatic N) is 1. The lowest BCUT2D eigenvalue weighted by atomic mass is 10.1. The summed E-state index contributed by atoms with van der Waals surface area (Å²) in [6.45, 7) is 3.03. The zero-order valence-corrected chi connectivity index (χ0v) is 12.9. The molecule has 0 bridgehead atoms. The van der Waals surface area contributed by atoms with Gasteiger partial charge in [0.1, 0.15) is 0 Å². The van der Waals surface area contributed by atoms with E-state index in [2.05, 4.69) is 5.32 Å². The molecule has 0 aliphatic carbocycles. The van der Waals surface area contributed by atoms with Crippen molar-refractivity contribution in [1.82, 2.24) is 10.2 Å². The highest BCUT2D eigenvalue weighted by molar-refractivity contribution is 5.79. The third-order valence-electron chi connectivity index (χ3n) is 4.33. The topological polar surface area (TPSA) is 58.6 Å². The number of nitrogens with one attached hydrogen (secondary N) is 1. The predicted molar refractivity (Wildman–Crippen MR) is 80.9 cm³/mol. The van der Waals surface area contributed by atoms with E-state index in [4.69, 9.17) is 4.74 Å². The summed E-state index contributed by atoms with van der Waals surface area (Å²) >= 11 is 0. The Labute approximate surface area is 127 Å². The first-order valence-corrected chi connectivity index (χ1v) is 8.42. The second kappa shape index (κ2) is 9.03. The fraction of sp³-hybridized carbons (Fsp3) is 0.875. The summed E-state index contributed by atoms with van der Waals surface area (Å²) in [5.41, 5.74) is 0. The van der Waals surface area contributed by atoms with Crippen molar-refractivity contribution in [2.45, 2.75) is 63.9 Å². The van der Waals surface area contributed by atoms with Crippen LogP contribution in [0.2, 0.25) is 0 Å². The number of likely N-dealkylation sites (tertiary alicyclic amines) is 1. The standard InChI is InChI=1S/C16H28N2O3/c19-15(9-12-18-11-4-2-8-16(18)20)17-10-3-1-6-14-7-5-13-21-14/h14H,1-13H2,(H,17,19). The molecule has 120 valence electrons. The Morgan fingerprint density at radius 3 is 2.95 bits per heavy atom. The molecule has 2 amide bonds. The maximum atomic E-state index is 11.7. The molecule has 2 aliphatic heterocycles. The highest BCUT2D eigenvalue weighted by atomic mass is 16.5. The van der Waals surface area contributed by atoms with Gasteiger partial charge in [-0.1, -0.05) is 0 Å². The van der Waals surface area contributed by atoms with Crippen LogP contribution >= 0.6 is 0 Å². The summed E-state index contributed by atoms with van der Waals surface area (Å²) in [6, 6.07) is 0. The number of piperidine rings is 1. The predicted octanol–water partition coefficient (Wildman–Crippen LogP) is 1.85. The molecule has 0 aromatic heterocycles. The first kappa shape index (κ1) is 16.3. The fourth-order valence-electron chi connectivity index (χ4n) is 3.02. The van der Waals surface area contributed by atoms with Crippen LogP contribution in [0.5, 0.6) is 0 Å². The molecule has 0 aromatic rings. The van der Waals surface area contributed by atoms with Crippen LogP contribution in [0.15, 0.2) is 0 Å². The molecule has 0 saturated carbocycles. The molecule has 1 atom stereocenters. The molecule has 0 aromatic carbocycles. The lowest BCUT2D eigenvalue weighted by Crippen LogP contribution is -2.38. The van der Waals surface area contributed by atoms with E-state index >= 15 is 0 Å². The average molecular weight is 296 g/mol. The minimum atomic E-state index is 0.0606. The van der Waals surface area contributed by atoms with E-state index in [0.29, 0.717) is 25.5 Å². The number of hydrogen-bond donors (Lipinski definition) is 1. The lowest BCUT2D eigenvalue weighted by Gasteiger charge is -2.26. The second-order valence-corrected chi connectivity index (χ2v) is 6.07. The molecule has 2 aliphatic rings. The number of ether oxygens (including phenoxy) is 1. The minimum Gasteiger partial charge on any atom is -0.378 e. The lowest BCUT2D eigenvalue weighted by molar-refractivity contribution is -0.133. The Kier molecular flexibility index (Phi) is 7.00. The van der Waals surface area contributed by atoms with Crippen LogP contribution < -0.4 is 5.32 Å².